The van der Waals surface area contributed by atoms with Crippen molar-refractivity contribution in [3.8, 4) is 0 Å². The van der Waals surface area contributed by atoms with Crippen LogP contribution in [0.4, 0.5) is 0 Å². The van der Waals surface area contributed by atoms with Gasteiger partial charge in [-0.15, -0.1) is 0 Å². The van der Waals surface area contributed by atoms with Gasteiger partial charge in [0.1, 0.15) is 0 Å². The molecule has 0 fully saturated rings. The number of aryl methyl sites for hydroxylation is 2. The molecular weight excluding hydrogens is 286 g/mol. The Kier molecular flexibility index (Phi) is 3.98. The fourth-order valence-electron chi connectivity index (χ4n) is 2.76. The van der Waals surface area contributed by atoms with Crippen molar-refractivity contribution in [1.29, 1.82) is 0 Å². The number of para-hydroxylation sites is 1. The lowest BCUT2D eigenvalue weighted by molar-refractivity contribution is 0.0954. The fraction of sp³-hybridized carbons (Fsp3) is 0.158. The number of hydrogen-bond acceptors (Lipinski definition) is 2. The zero-order chi connectivity index (χ0) is 16.4. The standard InChI is InChI=1S/C19H19N3O/c1-13-8-4-5-9-15(13)19(23)21-20-12-17-14(2)22(3)18-11-7-6-10-16(17)18/h4-12H,1-3H3,(H,21,23)/b20-12-. The number of aromatic nitrogens is 1. The Labute approximate surface area is 135 Å². The number of hydrazone groups is 1. The first-order valence-corrected chi connectivity index (χ1v) is 7.52. The molecule has 0 aliphatic carbocycles. The lowest BCUT2D eigenvalue weighted by Crippen LogP contribution is -2.18. The number of rotatable bonds is 3. The van der Waals surface area contributed by atoms with Gasteiger partial charge in [0.25, 0.3) is 5.91 Å². The molecule has 4 nitrogen and oxygen atoms in total. The predicted molar refractivity (Wildman–Crippen MR) is 93.9 cm³/mol. The van der Waals surface area contributed by atoms with Gasteiger partial charge in [0, 0.05) is 34.8 Å². The molecule has 0 aliphatic rings. The number of carbonyl (C=O) groups excluding carboxylic acids is 1. The molecule has 3 rings (SSSR count). The molecule has 2 aromatic carbocycles. The van der Waals surface area contributed by atoms with Gasteiger partial charge < -0.3 is 4.57 Å². The van der Waals surface area contributed by atoms with Crippen molar-refractivity contribution in [2.75, 3.05) is 0 Å². The largest absolute Gasteiger partial charge is 0.347 e. The van der Waals surface area contributed by atoms with Crippen molar-refractivity contribution in [1.82, 2.24) is 9.99 Å². The van der Waals surface area contributed by atoms with Crippen molar-refractivity contribution in [2.45, 2.75) is 13.8 Å². The maximum absolute atomic E-state index is 12.2. The average molecular weight is 305 g/mol. The molecular formula is C19H19N3O. The summed E-state index contributed by atoms with van der Waals surface area (Å²) in [6, 6.07) is 15.6. The fourth-order valence-corrected chi connectivity index (χ4v) is 2.76. The second kappa shape index (κ2) is 6.08. The van der Waals surface area contributed by atoms with Crippen molar-refractivity contribution >= 4 is 23.0 Å². The van der Waals surface area contributed by atoms with E-state index in [2.05, 4.69) is 27.2 Å². The minimum Gasteiger partial charge on any atom is -0.347 e. The zero-order valence-corrected chi connectivity index (χ0v) is 13.5. The normalized spacial score (nSPS) is 11.3. The van der Waals surface area contributed by atoms with Gasteiger partial charge in [0.2, 0.25) is 0 Å². The van der Waals surface area contributed by atoms with Gasteiger partial charge in [-0.05, 0) is 31.5 Å². The van der Waals surface area contributed by atoms with E-state index in [1.807, 2.05) is 51.2 Å². The lowest BCUT2D eigenvalue weighted by Gasteiger charge is -2.03. The van der Waals surface area contributed by atoms with E-state index >= 15 is 0 Å². The third kappa shape index (κ3) is 2.75. The van der Waals surface area contributed by atoms with Gasteiger partial charge >= 0.3 is 0 Å². The van der Waals surface area contributed by atoms with Crippen molar-refractivity contribution in [2.24, 2.45) is 12.1 Å². The smallest absolute Gasteiger partial charge is 0.271 e. The highest BCUT2D eigenvalue weighted by Gasteiger charge is 2.10. The molecule has 0 aliphatic heterocycles. The predicted octanol–water partition coefficient (Wildman–Crippen LogP) is 3.56. The van der Waals surface area contributed by atoms with E-state index in [0.717, 1.165) is 27.7 Å². The van der Waals surface area contributed by atoms with E-state index < -0.39 is 0 Å². The minimum absolute atomic E-state index is 0.197. The first-order valence-electron chi connectivity index (χ1n) is 7.52. The van der Waals surface area contributed by atoms with Crippen LogP contribution in [-0.4, -0.2) is 16.7 Å². The topological polar surface area (TPSA) is 46.4 Å². The Morgan fingerprint density at radius 2 is 1.78 bits per heavy atom. The highest BCUT2D eigenvalue weighted by Crippen LogP contribution is 2.22. The molecule has 4 heteroatoms. The van der Waals surface area contributed by atoms with Crippen molar-refractivity contribution < 1.29 is 4.79 Å². The first-order chi connectivity index (χ1) is 11.1. The highest BCUT2D eigenvalue weighted by atomic mass is 16.2. The Hall–Kier alpha value is -2.88. The van der Waals surface area contributed by atoms with Crippen LogP contribution < -0.4 is 5.43 Å². The Bertz CT molecular complexity index is 906. The zero-order valence-electron chi connectivity index (χ0n) is 13.5. The molecule has 1 heterocycles. The molecule has 116 valence electrons. The molecule has 0 atom stereocenters. The molecule has 0 bridgehead atoms. The maximum atomic E-state index is 12.2. The lowest BCUT2D eigenvalue weighted by atomic mass is 10.1. The summed E-state index contributed by atoms with van der Waals surface area (Å²) < 4.78 is 2.12. The van der Waals surface area contributed by atoms with Gasteiger partial charge in [0.15, 0.2) is 0 Å². The number of hydrogen-bond donors (Lipinski definition) is 1. The third-order valence-corrected chi connectivity index (χ3v) is 4.20. The minimum atomic E-state index is -0.197. The summed E-state index contributed by atoms with van der Waals surface area (Å²) in [5, 5.41) is 5.27. The highest BCUT2D eigenvalue weighted by molar-refractivity contribution is 6.02. The van der Waals surface area contributed by atoms with Crippen LogP contribution in [0.5, 0.6) is 0 Å². The molecule has 1 amide bonds. The van der Waals surface area contributed by atoms with E-state index in [1.165, 1.54) is 0 Å². The molecule has 1 aromatic heterocycles. The van der Waals surface area contributed by atoms with Crippen molar-refractivity contribution in [3.05, 3.63) is 70.9 Å². The third-order valence-electron chi connectivity index (χ3n) is 4.20. The van der Waals surface area contributed by atoms with Gasteiger partial charge in [-0.25, -0.2) is 5.43 Å². The second-order valence-electron chi connectivity index (χ2n) is 5.59. The quantitative estimate of drug-likeness (QED) is 0.583. The van der Waals surface area contributed by atoms with Crippen LogP contribution in [0, 0.1) is 13.8 Å². The van der Waals surface area contributed by atoms with Crippen LogP contribution in [0.1, 0.15) is 27.2 Å². The van der Waals surface area contributed by atoms with Crippen LogP contribution in [0.3, 0.4) is 0 Å². The van der Waals surface area contributed by atoms with Gasteiger partial charge in [-0.1, -0.05) is 36.4 Å². The van der Waals surface area contributed by atoms with E-state index in [0.29, 0.717) is 5.56 Å². The Balaban J connectivity index is 1.86. The van der Waals surface area contributed by atoms with E-state index in [9.17, 15) is 4.79 Å². The average Bonchev–Trinajstić information content (AvgIpc) is 2.80. The summed E-state index contributed by atoms with van der Waals surface area (Å²) in [4.78, 5) is 12.2. The van der Waals surface area contributed by atoms with Crippen LogP contribution in [0.25, 0.3) is 10.9 Å². The number of fused-ring (bicyclic) bond motifs is 1. The molecule has 0 radical (unpaired) electrons. The van der Waals surface area contributed by atoms with Crippen molar-refractivity contribution in [3.63, 3.8) is 0 Å². The molecule has 0 spiro atoms. The van der Waals surface area contributed by atoms with Crippen LogP contribution in [-0.2, 0) is 7.05 Å². The summed E-state index contributed by atoms with van der Waals surface area (Å²) in [5.41, 5.74) is 7.46. The molecule has 1 N–H and O–H groups in total. The summed E-state index contributed by atoms with van der Waals surface area (Å²) in [5.74, 6) is -0.197. The molecule has 0 unspecified atom stereocenters. The number of benzene rings is 2. The number of amides is 1. The second-order valence-corrected chi connectivity index (χ2v) is 5.59. The molecule has 23 heavy (non-hydrogen) atoms. The Morgan fingerprint density at radius 1 is 1.09 bits per heavy atom. The summed E-state index contributed by atoms with van der Waals surface area (Å²) in [6.45, 7) is 3.96. The molecule has 0 saturated carbocycles. The Morgan fingerprint density at radius 3 is 2.57 bits per heavy atom. The van der Waals surface area contributed by atoms with E-state index in [-0.39, 0.29) is 5.91 Å². The summed E-state index contributed by atoms with van der Waals surface area (Å²) >= 11 is 0. The first kappa shape index (κ1) is 15.0. The summed E-state index contributed by atoms with van der Waals surface area (Å²) in [7, 11) is 2.03. The molecule has 3 aromatic rings. The number of nitrogens with one attached hydrogen (secondary N) is 1. The van der Waals surface area contributed by atoms with Gasteiger partial charge in [-0.3, -0.25) is 4.79 Å². The van der Waals surface area contributed by atoms with Gasteiger partial charge in [0.05, 0.1) is 6.21 Å². The SMILES string of the molecule is Cc1ccccc1C(=O)N/N=C\c1c(C)n(C)c2ccccc12. The van der Waals surface area contributed by atoms with Crippen LogP contribution >= 0.6 is 0 Å². The number of nitrogens with zero attached hydrogens (tertiary/aromatic N) is 2. The number of carbonyl (C=O) groups is 1. The monoisotopic (exact) mass is 305 g/mol. The maximum Gasteiger partial charge on any atom is 0.271 e. The van der Waals surface area contributed by atoms with Gasteiger partial charge in [-0.2, -0.15) is 5.10 Å². The van der Waals surface area contributed by atoms with E-state index in [4.69, 9.17) is 0 Å². The van der Waals surface area contributed by atoms with Crippen LogP contribution in [0.2, 0.25) is 0 Å². The van der Waals surface area contributed by atoms with Crippen LogP contribution in [0.15, 0.2) is 53.6 Å². The summed E-state index contributed by atoms with van der Waals surface area (Å²) in [6.07, 6.45) is 1.72. The molecule has 0 saturated heterocycles. The van der Waals surface area contributed by atoms with E-state index in [1.54, 1.807) is 12.3 Å².